The topological polar surface area (TPSA) is 62.5 Å². The van der Waals surface area contributed by atoms with Gasteiger partial charge in [0.05, 0.1) is 5.52 Å². The summed E-state index contributed by atoms with van der Waals surface area (Å²) in [7, 11) is 1.93. The molecule has 2 aromatic heterocycles. The number of tetrazole rings is 1. The van der Waals surface area contributed by atoms with Gasteiger partial charge in [-0.05, 0) is 29.6 Å². The van der Waals surface area contributed by atoms with Gasteiger partial charge in [-0.3, -0.25) is 0 Å². The van der Waals surface area contributed by atoms with E-state index in [1.807, 2.05) is 11.9 Å². The fourth-order valence-electron chi connectivity index (χ4n) is 3.08. The van der Waals surface area contributed by atoms with Crippen molar-refractivity contribution in [1.82, 2.24) is 29.9 Å². The van der Waals surface area contributed by atoms with Gasteiger partial charge >= 0.3 is 12.1 Å². The van der Waals surface area contributed by atoms with Crippen LogP contribution in [-0.4, -0.2) is 69.3 Å². The summed E-state index contributed by atoms with van der Waals surface area (Å²) in [6.07, 6.45) is -5.87. The highest BCUT2D eigenvalue weighted by Gasteiger charge is 2.59. The zero-order chi connectivity index (χ0) is 20.3. The average molecular weight is 405 g/mol. The second kappa shape index (κ2) is 6.15. The van der Waals surface area contributed by atoms with Crippen molar-refractivity contribution in [3.8, 4) is 0 Å². The summed E-state index contributed by atoms with van der Waals surface area (Å²) < 4.78 is 81.0. The summed E-state index contributed by atoms with van der Waals surface area (Å²) in [5.74, 6) is -6.32. The number of halogens is 6. The van der Waals surface area contributed by atoms with E-state index in [1.165, 1.54) is 0 Å². The van der Waals surface area contributed by atoms with Crippen molar-refractivity contribution in [2.24, 2.45) is 0 Å². The molecule has 1 fully saturated rings. The highest BCUT2D eigenvalue weighted by atomic mass is 19.4. The Morgan fingerprint density at radius 3 is 2.32 bits per heavy atom. The Balaban J connectivity index is 1.92. The Morgan fingerprint density at radius 2 is 1.68 bits per heavy atom. The molecule has 0 N–H and O–H groups in total. The number of likely N-dealkylation sites (N-methyl/N-ethyl adjacent to an activating group) is 1. The van der Waals surface area contributed by atoms with E-state index in [2.05, 4.69) is 25.4 Å². The summed E-state index contributed by atoms with van der Waals surface area (Å²) in [5, 5.41) is 10.9. The Hall–Kier alpha value is -2.70. The van der Waals surface area contributed by atoms with Crippen LogP contribution in [0.2, 0.25) is 0 Å². The maximum Gasteiger partial charge on any atom is 0.458 e. The molecule has 1 aliphatic heterocycles. The van der Waals surface area contributed by atoms with E-state index in [1.54, 1.807) is 0 Å². The van der Waals surface area contributed by atoms with Gasteiger partial charge < -0.3 is 9.80 Å². The number of alkyl halides is 5. The first-order chi connectivity index (χ1) is 13.1. The van der Waals surface area contributed by atoms with Crippen LogP contribution in [0.4, 0.5) is 32.2 Å². The Labute approximate surface area is 153 Å². The Bertz CT molecular complexity index is 1040. The molecule has 1 aromatic carbocycles. The van der Waals surface area contributed by atoms with E-state index < -0.39 is 29.0 Å². The molecule has 1 saturated heterocycles. The van der Waals surface area contributed by atoms with Crippen LogP contribution < -0.4 is 4.90 Å². The van der Waals surface area contributed by atoms with Crippen molar-refractivity contribution in [3.05, 3.63) is 23.5 Å². The third-order valence-electron chi connectivity index (χ3n) is 4.68. The third kappa shape index (κ3) is 2.80. The molecule has 0 spiro atoms. The molecule has 0 bridgehead atoms. The molecule has 3 aromatic rings. The fourth-order valence-corrected chi connectivity index (χ4v) is 3.08. The quantitative estimate of drug-likeness (QED) is 0.610. The highest BCUT2D eigenvalue weighted by Crippen LogP contribution is 2.44. The van der Waals surface area contributed by atoms with Crippen molar-refractivity contribution in [2.45, 2.75) is 12.1 Å². The first-order valence-corrected chi connectivity index (χ1v) is 8.19. The lowest BCUT2D eigenvalue weighted by molar-refractivity contribution is -0.289. The van der Waals surface area contributed by atoms with Gasteiger partial charge in [0, 0.05) is 31.7 Å². The largest absolute Gasteiger partial charge is 0.458 e. The number of rotatable bonds is 2. The van der Waals surface area contributed by atoms with Crippen LogP contribution in [0, 0.1) is 5.82 Å². The Kier molecular flexibility index (Phi) is 4.10. The normalized spacial score (nSPS) is 17.0. The summed E-state index contributed by atoms with van der Waals surface area (Å²) in [6.45, 7) is 2.49. The molecule has 0 atom stereocenters. The van der Waals surface area contributed by atoms with Gasteiger partial charge in [0.2, 0.25) is 5.65 Å². The number of fused-ring (bicyclic) bond motifs is 3. The predicted octanol–water partition coefficient (Wildman–Crippen LogP) is 2.22. The van der Waals surface area contributed by atoms with Gasteiger partial charge in [-0.1, -0.05) is 0 Å². The molecule has 0 saturated carbocycles. The highest BCUT2D eigenvalue weighted by molar-refractivity contribution is 5.83. The molecule has 28 heavy (non-hydrogen) atoms. The number of piperazine rings is 1. The lowest BCUT2D eigenvalue weighted by Gasteiger charge is -2.33. The molecule has 3 heterocycles. The second-order valence-electron chi connectivity index (χ2n) is 6.54. The minimum absolute atomic E-state index is 0.0453. The van der Waals surface area contributed by atoms with Crippen LogP contribution in [0.3, 0.4) is 0 Å². The van der Waals surface area contributed by atoms with Gasteiger partial charge in [-0.2, -0.15) is 26.5 Å². The van der Waals surface area contributed by atoms with Crippen molar-refractivity contribution in [1.29, 1.82) is 0 Å². The van der Waals surface area contributed by atoms with E-state index >= 15 is 0 Å². The van der Waals surface area contributed by atoms with Gasteiger partial charge in [0.25, 0.3) is 0 Å². The van der Waals surface area contributed by atoms with Crippen molar-refractivity contribution >= 4 is 22.5 Å². The summed E-state index contributed by atoms with van der Waals surface area (Å²) in [5.41, 5.74) is -2.27. The summed E-state index contributed by atoms with van der Waals surface area (Å²) in [4.78, 5) is 8.03. The zero-order valence-corrected chi connectivity index (χ0v) is 14.4. The summed E-state index contributed by atoms with van der Waals surface area (Å²) in [6, 6.07) is 0.656. The number of benzene rings is 1. The molecule has 7 nitrogen and oxygen atoms in total. The number of anilines is 1. The van der Waals surface area contributed by atoms with Crippen molar-refractivity contribution in [2.75, 3.05) is 38.1 Å². The lowest BCUT2D eigenvalue weighted by Crippen LogP contribution is -2.45. The second-order valence-corrected chi connectivity index (χ2v) is 6.54. The SMILES string of the molecule is CN1CCN(c2nc3c(F)cc(C(F)(F)C(F)(F)F)cc3n3nnnc23)CC1. The Morgan fingerprint density at radius 1 is 1.00 bits per heavy atom. The molecule has 0 unspecified atom stereocenters. The standard InChI is InChI=1S/C15H13F6N7/c1-26-2-4-27(5-3-26)12-13-23-24-25-28(13)10-7-8(6-9(16)11(10)22-12)14(17,18)15(19,20)21/h6-7H,2-5H2,1H3. The smallest absolute Gasteiger partial charge is 0.351 e. The first kappa shape index (κ1) is 18.7. The maximum atomic E-state index is 14.5. The van der Waals surface area contributed by atoms with Crippen molar-refractivity contribution in [3.63, 3.8) is 0 Å². The van der Waals surface area contributed by atoms with Crippen LogP contribution in [0.5, 0.6) is 0 Å². The van der Waals surface area contributed by atoms with E-state index in [9.17, 15) is 26.3 Å². The van der Waals surface area contributed by atoms with Crippen LogP contribution in [0.15, 0.2) is 12.1 Å². The van der Waals surface area contributed by atoms with Crippen LogP contribution in [0.25, 0.3) is 16.7 Å². The van der Waals surface area contributed by atoms with E-state index in [4.69, 9.17) is 0 Å². The molecule has 13 heteroatoms. The monoisotopic (exact) mass is 405 g/mol. The van der Waals surface area contributed by atoms with E-state index in [0.717, 1.165) is 4.52 Å². The molecule has 0 amide bonds. The third-order valence-corrected chi connectivity index (χ3v) is 4.68. The molecule has 0 radical (unpaired) electrons. The van der Waals surface area contributed by atoms with Gasteiger partial charge in [0.1, 0.15) is 5.52 Å². The van der Waals surface area contributed by atoms with Crippen LogP contribution >= 0.6 is 0 Å². The summed E-state index contributed by atoms with van der Waals surface area (Å²) >= 11 is 0. The maximum absolute atomic E-state index is 14.5. The van der Waals surface area contributed by atoms with Gasteiger partial charge in [-0.15, -0.1) is 5.10 Å². The number of hydrogen-bond acceptors (Lipinski definition) is 6. The van der Waals surface area contributed by atoms with Crippen LogP contribution in [0.1, 0.15) is 5.56 Å². The zero-order valence-electron chi connectivity index (χ0n) is 14.4. The number of aromatic nitrogens is 5. The molecular weight excluding hydrogens is 392 g/mol. The van der Waals surface area contributed by atoms with Gasteiger partial charge in [-0.25, -0.2) is 9.37 Å². The number of hydrogen-bond donors (Lipinski definition) is 0. The van der Waals surface area contributed by atoms with Crippen molar-refractivity contribution < 1.29 is 26.3 Å². The average Bonchev–Trinajstić information content (AvgIpc) is 3.11. The fraction of sp³-hybridized carbons (Fsp3) is 0.467. The molecule has 4 rings (SSSR count). The van der Waals surface area contributed by atoms with Crippen LogP contribution in [-0.2, 0) is 5.92 Å². The van der Waals surface area contributed by atoms with E-state index in [-0.39, 0.29) is 23.0 Å². The lowest BCUT2D eigenvalue weighted by atomic mass is 10.1. The first-order valence-electron chi connectivity index (χ1n) is 8.19. The molecular formula is C15H13F6N7. The molecule has 150 valence electrons. The molecule has 0 aliphatic carbocycles. The molecule has 1 aliphatic rings. The van der Waals surface area contributed by atoms with Gasteiger partial charge in [0.15, 0.2) is 11.6 Å². The van der Waals surface area contributed by atoms with E-state index in [0.29, 0.717) is 32.2 Å². The minimum atomic E-state index is -5.87. The predicted molar refractivity (Wildman–Crippen MR) is 85.7 cm³/mol. The minimum Gasteiger partial charge on any atom is -0.351 e. The number of nitrogens with zero attached hydrogens (tertiary/aromatic N) is 7.